The number of thiazole rings is 1. The van der Waals surface area contributed by atoms with Crippen LogP contribution in [0.2, 0.25) is 0 Å². The summed E-state index contributed by atoms with van der Waals surface area (Å²) in [6, 6.07) is 12.3. The number of carbonyl (C=O) groups excluding carboxylic acids is 1. The van der Waals surface area contributed by atoms with Gasteiger partial charge in [-0.25, -0.2) is 9.37 Å². The Labute approximate surface area is 163 Å². The van der Waals surface area contributed by atoms with Crippen LogP contribution in [0.25, 0.3) is 10.2 Å². The Morgan fingerprint density at radius 2 is 2.00 bits per heavy atom. The van der Waals surface area contributed by atoms with Gasteiger partial charge in [-0.3, -0.25) is 9.69 Å². The van der Waals surface area contributed by atoms with Gasteiger partial charge in [-0.05, 0) is 36.2 Å². The highest BCUT2D eigenvalue weighted by molar-refractivity contribution is 7.22. The van der Waals surface area contributed by atoms with Crippen molar-refractivity contribution in [2.24, 2.45) is 0 Å². The summed E-state index contributed by atoms with van der Waals surface area (Å²) in [6.45, 7) is 3.55. The van der Waals surface area contributed by atoms with Crippen LogP contribution >= 0.6 is 11.3 Å². The second-order valence-corrected chi connectivity index (χ2v) is 7.91. The first kappa shape index (κ1) is 19.5. The summed E-state index contributed by atoms with van der Waals surface area (Å²) in [5.74, 6) is -0.836. The molecule has 1 amide bonds. The first-order valence-electron chi connectivity index (χ1n) is 9.24. The number of aromatic nitrogens is 1. The average molecular weight is 387 g/mol. The lowest BCUT2D eigenvalue weighted by Gasteiger charge is -2.20. The van der Waals surface area contributed by atoms with Crippen molar-refractivity contribution >= 4 is 32.6 Å². The fourth-order valence-corrected chi connectivity index (χ4v) is 4.00. The fraction of sp³-hybridized carbons (Fsp3) is 0.333. The van der Waals surface area contributed by atoms with E-state index in [1.54, 1.807) is 17.0 Å². The van der Waals surface area contributed by atoms with Gasteiger partial charge >= 0.3 is 0 Å². The first-order valence-corrected chi connectivity index (χ1v) is 10.1. The van der Waals surface area contributed by atoms with Crippen molar-refractivity contribution in [1.82, 2.24) is 4.98 Å². The summed E-state index contributed by atoms with van der Waals surface area (Å²) in [5, 5.41) is 0.625. The van der Waals surface area contributed by atoms with E-state index < -0.39 is 5.82 Å². The molecule has 1 aromatic heterocycles. The van der Waals surface area contributed by atoms with Crippen LogP contribution in [0.1, 0.15) is 29.3 Å². The highest BCUT2D eigenvalue weighted by atomic mass is 32.1. The van der Waals surface area contributed by atoms with Crippen LogP contribution in [-0.4, -0.2) is 38.1 Å². The molecule has 0 spiro atoms. The number of aryl methyl sites for hydroxylation is 1. The third-order valence-corrected chi connectivity index (χ3v) is 5.53. The molecule has 1 N–H and O–H groups in total. The lowest BCUT2D eigenvalue weighted by molar-refractivity contribution is -0.858. The van der Waals surface area contributed by atoms with Crippen molar-refractivity contribution < 1.29 is 14.1 Å². The molecule has 142 valence electrons. The highest BCUT2D eigenvalue weighted by Crippen LogP contribution is 2.31. The molecule has 0 unspecified atom stereocenters. The minimum absolute atomic E-state index is 0.0863. The fourth-order valence-electron chi connectivity index (χ4n) is 2.95. The zero-order chi connectivity index (χ0) is 19.4. The molecule has 0 bridgehead atoms. The number of fused-ring (bicyclic) bond motifs is 1. The Balaban J connectivity index is 1.96. The topological polar surface area (TPSA) is 37.6 Å². The van der Waals surface area contributed by atoms with E-state index in [0.29, 0.717) is 11.7 Å². The monoisotopic (exact) mass is 386 g/mol. The standard InChI is InChI=1S/C21H24FN3OS/c1-4-15-10-11-18-19(14-15)27-21(23-18)25(13-7-12-24(2)3)20(26)16-8-5-6-9-17(16)22/h5-6,8-11,14H,4,7,12-13H2,1-3H3/p+1. The quantitative estimate of drug-likeness (QED) is 0.677. The maximum atomic E-state index is 14.2. The summed E-state index contributed by atoms with van der Waals surface area (Å²) in [5.41, 5.74) is 2.20. The Morgan fingerprint density at radius 1 is 1.22 bits per heavy atom. The van der Waals surface area contributed by atoms with Crippen LogP contribution < -0.4 is 9.80 Å². The number of rotatable bonds is 7. The van der Waals surface area contributed by atoms with Gasteiger partial charge in [0.1, 0.15) is 5.82 Å². The van der Waals surface area contributed by atoms with Gasteiger partial charge in [-0.2, -0.15) is 0 Å². The van der Waals surface area contributed by atoms with Crippen molar-refractivity contribution in [3.63, 3.8) is 0 Å². The van der Waals surface area contributed by atoms with Gasteiger partial charge in [-0.15, -0.1) is 0 Å². The predicted octanol–water partition coefficient (Wildman–Crippen LogP) is 3.18. The molecule has 1 heterocycles. The zero-order valence-corrected chi connectivity index (χ0v) is 16.8. The summed E-state index contributed by atoms with van der Waals surface area (Å²) < 4.78 is 15.3. The number of amides is 1. The van der Waals surface area contributed by atoms with Crippen molar-refractivity contribution in [3.8, 4) is 0 Å². The molecule has 0 saturated carbocycles. The molecule has 27 heavy (non-hydrogen) atoms. The van der Waals surface area contributed by atoms with Crippen LogP contribution in [0.5, 0.6) is 0 Å². The molecule has 3 aromatic rings. The van der Waals surface area contributed by atoms with Gasteiger partial charge < -0.3 is 4.90 Å². The Bertz CT molecular complexity index is 938. The lowest BCUT2D eigenvalue weighted by Crippen LogP contribution is -3.05. The van der Waals surface area contributed by atoms with Crippen molar-refractivity contribution in [3.05, 3.63) is 59.4 Å². The molecule has 3 rings (SSSR count). The van der Waals surface area contributed by atoms with E-state index in [4.69, 9.17) is 0 Å². The molecular weight excluding hydrogens is 361 g/mol. The van der Waals surface area contributed by atoms with E-state index in [1.165, 1.54) is 33.9 Å². The van der Waals surface area contributed by atoms with E-state index in [9.17, 15) is 9.18 Å². The molecule has 0 aliphatic rings. The molecular formula is C21H25FN3OS+. The van der Waals surface area contributed by atoms with Gasteiger partial charge in [0.05, 0.1) is 36.4 Å². The van der Waals surface area contributed by atoms with E-state index in [0.717, 1.165) is 29.6 Å². The number of nitrogens with one attached hydrogen (secondary N) is 1. The minimum atomic E-state index is -0.500. The Morgan fingerprint density at radius 3 is 2.70 bits per heavy atom. The minimum Gasteiger partial charge on any atom is -0.340 e. The third kappa shape index (κ3) is 4.51. The van der Waals surface area contributed by atoms with E-state index >= 15 is 0 Å². The summed E-state index contributed by atoms with van der Waals surface area (Å²) in [6.07, 6.45) is 1.77. The molecule has 0 fully saturated rings. The van der Waals surface area contributed by atoms with Crippen molar-refractivity contribution in [1.29, 1.82) is 0 Å². The van der Waals surface area contributed by atoms with E-state index in [-0.39, 0.29) is 11.5 Å². The van der Waals surface area contributed by atoms with Crippen LogP contribution in [-0.2, 0) is 6.42 Å². The van der Waals surface area contributed by atoms with E-state index in [1.807, 2.05) is 6.07 Å². The second kappa shape index (κ2) is 8.59. The van der Waals surface area contributed by atoms with Crippen LogP contribution in [0, 0.1) is 5.82 Å². The summed E-state index contributed by atoms with van der Waals surface area (Å²) in [4.78, 5) is 20.7. The zero-order valence-electron chi connectivity index (χ0n) is 16.0. The molecule has 0 saturated heterocycles. The second-order valence-electron chi connectivity index (χ2n) is 6.90. The number of carbonyl (C=O) groups is 1. The molecule has 4 nitrogen and oxygen atoms in total. The Kier molecular flexibility index (Phi) is 6.19. The molecule has 0 aliphatic heterocycles. The van der Waals surface area contributed by atoms with Gasteiger partial charge in [0.15, 0.2) is 5.13 Å². The maximum absolute atomic E-state index is 14.2. The molecule has 0 radical (unpaired) electrons. The van der Waals surface area contributed by atoms with Crippen LogP contribution in [0.4, 0.5) is 9.52 Å². The average Bonchev–Trinajstić information content (AvgIpc) is 3.07. The summed E-state index contributed by atoms with van der Waals surface area (Å²) >= 11 is 1.49. The number of halogens is 1. The smallest absolute Gasteiger partial charge is 0.263 e. The first-order chi connectivity index (χ1) is 13.0. The van der Waals surface area contributed by atoms with Gasteiger partial charge in [0.2, 0.25) is 0 Å². The predicted molar refractivity (Wildman–Crippen MR) is 109 cm³/mol. The van der Waals surface area contributed by atoms with Gasteiger partial charge in [0.25, 0.3) is 5.91 Å². The van der Waals surface area contributed by atoms with Gasteiger partial charge in [0, 0.05) is 13.0 Å². The lowest BCUT2D eigenvalue weighted by atomic mass is 10.2. The van der Waals surface area contributed by atoms with Crippen LogP contribution in [0.15, 0.2) is 42.5 Å². The van der Waals surface area contributed by atoms with E-state index in [2.05, 4.69) is 38.1 Å². The van der Waals surface area contributed by atoms with Crippen LogP contribution in [0.3, 0.4) is 0 Å². The van der Waals surface area contributed by atoms with Gasteiger partial charge in [-0.1, -0.05) is 36.5 Å². The summed E-state index contributed by atoms with van der Waals surface area (Å²) in [7, 11) is 4.15. The number of hydrogen-bond donors (Lipinski definition) is 1. The third-order valence-electron chi connectivity index (χ3n) is 4.49. The molecule has 2 aromatic carbocycles. The molecule has 0 atom stereocenters. The largest absolute Gasteiger partial charge is 0.340 e. The maximum Gasteiger partial charge on any atom is 0.263 e. The SMILES string of the molecule is CCc1ccc2nc(N(CCC[NH+](C)C)C(=O)c3ccccc3F)sc2c1. The highest BCUT2D eigenvalue weighted by Gasteiger charge is 2.23. The van der Waals surface area contributed by atoms with Crippen molar-refractivity contribution in [2.45, 2.75) is 19.8 Å². The molecule has 0 aliphatic carbocycles. The number of quaternary nitrogens is 1. The number of benzene rings is 2. The number of hydrogen-bond acceptors (Lipinski definition) is 3. The Hall–Kier alpha value is -2.31. The van der Waals surface area contributed by atoms with Crippen molar-refractivity contribution in [2.75, 3.05) is 32.1 Å². The molecule has 6 heteroatoms. The number of anilines is 1. The normalized spacial score (nSPS) is 11.3. The number of nitrogens with zero attached hydrogens (tertiary/aromatic N) is 2.